The standard InChI is InChI=1S/C17H20BrNO2/c1-12-5-4-6-13(9-12)11-21-17-14(10-19-2)15(18)7-8-16(17)20-3/h4-9,19H,10-11H2,1-3H3. The van der Waals surface area contributed by atoms with Crippen molar-refractivity contribution in [2.45, 2.75) is 20.1 Å². The maximum Gasteiger partial charge on any atom is 0.167 e. The number of nitrogens with one attached hydrogen (secondary N) is 1. The molecule has 0 bridgehead atoms. The van der Waals surface area contributed by atoms with Gasteiger partial charge in [0.25, 0.3) is 0 Å². The Bertz CT molecular complexity index is 614. The third kappa shape index (κ3) is 3.99. The van der Waals surface area contributed by atoms with E-state index in [-0.39, 0.29) is 0 Å². The van der Waals surface area contributed by atoms with E-state index < -0.39 is 0 Å². The lowest BCUT2D eigenvalue weighted by atomic mass is 10.1. The first kappa shape index (κ1) is 15.9. The largest absolute Gasteiger partial charge is 0.493 e. The number of ether oxygens (including phenoxy) is 2. The van der Waals surface area contributed by atoms with Crippen LogP contribution in [-0.2, 0) is 13.2 Å². The van der Waals surface area contributed by atoms with E-state index in [1.807, 2.05) is 25.2 Å². The highest BCUT2D eigenvalue weighted by Crippen LogP contribution is 2.36. The van der Waals surface area contributed by atoms with Crippen molar-refractivity contribution in [2.24, 2.45) is 0 Å². The Balaban J connectivity index is 2.27. The molecule has 0 radical (unpaired) electrons. The zero-order valence-electron chi connectivity index (χ0n) is 12.6. The van der Waals surface area contributed by atoms with Gasteiger partial charge in [0.15, 0.2) is 11.5 Å². The molecular formula is C17H20BrNO2. The van der Waals surface area contributed by atoms with E-state index in [0.717, 1.165) is 27.1 Å². The first-order chi connectivity index (χ1) is 10.2. The summed E-state index contributed by atoms with van der Waals surface area (Å²) < 4.78 is 12.5. The topological polar surface area (TPSA) is 30.5 Å². The maximum atomic E-state index is 6.04. The Kier molecular flexibility index (Phi) is 5.65. The zero-order chi connectivity index (χ0) is 15.2. The molecule has 0 spiro atoms. The van der Waals surface area contributed by atoms with Gasteiger partial charge in [0.05, 0.1) is 7.11 Å². The molecule has 0 heterocycles. The summed E-state index contributed by atoms with van der Waals surface area (Å²) in [5.41, 5.74) is 3.43. The smallest absolute Gasteiger partial charge is 0.167 e. The van der Waals surface area contributed by atoms with Crippen molar-refractivity contribution < 1.29 is 9.47 Å². The minimum absolute atomic E-state index is 0.519. The van der Waals surface area contributed by atoms with E-state index >= 15 is 0 Å². The second-order valence-corrected chi connectivity index (χ2v) is 5.72. The lowest BCUT2D eigenvalue weighted by Gasteiger charge is -2.16. The van der Waals surface area contributed by atoms with Gasteiger partial charge in [0, 0.05) is 16.6 Å². The predicted molar refractivity (Wildman–Crippen MR) is 89.0 cm³/mol. The van der Waals surface area contributed by atoms with Crippen LogP contribution in [0.15, 0.2) is 40.9 Å². The van der Waals surface area contributed by atoms with Crippen molar-refractivity contribution in [3.63, 3.8) is 0 Å². The minimum atomic E-state index is 0.519. The Labute approximate surface area is 134 Å². The molecule has 0 saturated carbocycles. The Morgan fingerprint density at radius 2 is 2.00 bits per heavy atom. The van der Waals surface area contributed by atoms with Crippen LogP contribution in [-0.4, -0.2) is 14.2 Å². The molecule has 2 rings (SSSR count). The van der Waals surface area contributed by atoms with Crippen LogP contribution in [0.1, 0.15) is 16.7 Å². The van der Waals surface area contributed by atoms with Gasteiger partial charge in [-0.1, -0.05) is 45.8 Å². The van der Waals surface area contributed by atoms with Gasteiger partial charge < -0.3 is 14.8 Å². The fraction of sp³-hybridized carbons (Fsp3) is 0.294. The Hall–Kier alpha value is -1.52. The van der Waals surface area contributed by atoms with Crippen molar-refractivity contribution in [1.82, 2.24) is 5.32 Å². The number of halogens is 1. The molecule has 1 N–H and O–H groups in total. The average Bonchev–Trinajstić information content (AvgIpc) is 2.48. The summed E-state index contributed by atoms with van der Waals surface area (Å²) in [5, 5.41) is 3.16. The number of methoxy groups -OCH3 is 1. The van der Waals surface area contributed by atoms with Gasteiger partial charge in [0.2, 0.25) is 0 Å². The van der Waals surface area contributed by atoms with Crippen LogP contribution in [0.2, 0.25) is 0 Å². The third-order valence-corrected chi connectivity index (χ3v) is 3.95. The summed E-state index contributed by atoms with van der Waals surface area (Å²) in [5.74, 6) is 1.53. The lowest BCUT2D eigenvalue weighted by Crippen LogP contribution is -2.09. The molecule has 0 aromatic heterocycles. The average molecular weight is 350 g/mol. The van der Waals surface area contributed by atoms with Crippen LogP contribution in [0.4, 0.5) is 0 Å². The van der Waals surface area contributed by atoms with E-state index in [2.05, 4.69) is 46.4 Å². The van der Waals surface area contributed by atoms with E-state index in [1.54, 1.807) is 7.11 Å². The summed E-state index contributed by atoms with van der Waals surface area (Å²) in [6.45, 7) is 3.31. The molecule has 112 valence electrons. The molecular weight excluding hydrogens is 330 g/mol. The fourth-order valence-electron chi connectivity index (χ4n) is 2.20. The highest BCUT2D eigenvalue weighted by molar-refractivity contribution is 9.10. The van der Waals surface area contributed by atoms with Gasteiger partial charge in [-0.3, -0.25) is 0 Å². The number of hydrogen-bond acceptors (Lipinski definition) is 3. The zero-order valence-corrected chi connectivity index (χ0v) is 14.2. The van der Waals surface area contributed by atoms with Gasteiger partial charge in [-0.05, 0) is 31.7 Å². The number of hydrogen-bond donors (Lipinski definition) is 1. The molecule has 2 aromatic rings. The van der Waals surface area contributed by atoms with E-state index in [4.69, 9.17) is 9.47 Å². The minimum Gasteiger partial charge on any atom is -0.493 e. The normalized spacial score (nSPS) is 10.5. The van der Waals surface area contributed by atoms with E-state index in [1.165, 1.54) is 5.56 Å². The monoisotopic (exact) mass is 349 g/mol. The van der Waals surface area contributed by atoms with Gasteiger partial charge in [-0.15, -0.1) is 0 Å². The summed E-state index contributed by atoms with van der Waals surface area (Å²) in [7, 11) is 3.57. The molecule has 0 fully saturated rings. The second kappa shape index (κ2) is 7.48. The van der Waals surface area contributed by atoms with Crippen molar-refractivity contribution in [3.05, 3.63) is 57.6 Å². The van der Waals surface area contributed by atoms with Gasteiger partial charge in [-0.2, -0.15) is 0 Å². The third-order valence-electron chi connectivity index (χ3n) is 3.21. The highest BCUT2D eigenvalue weighted by atomic mass is 79.9. The molecule has 4 heteroatoms. The van der Waals surface area contributed by atoms with Gasteiger partial charge in [0.1, 0.15) is 6.61 Å². The molecule has 0 aliphatic rings. The van der Waals surface area contributed by atoms with Crippen LogP contribution >= 0.6 is 15.9 Å². The number of aryl methyl sites for hydroxylation is 1. The first-order valence-corrected chi connectivity index (χ1v) is 7.63. The quantitative estimate of drug-likeness (QED) is 0.852. The van der Waals surface area contributed by atoms with E-state index in [0.29, 0.717) is 13.2 Å². The number of benzene rings is 2. The van der Waals surface area contributed by atoms with Crippen LogP contribution in [0.3, 0.4) is 0 Å². The summed E-state index contributed by atoms with van der Waals surface area (Å²) >= 11 is 3.57. The maximum absolute atomic E-state index is 6.04. The van der Waals surface area contributed by atoms with Crippen molar-refractivity contribution >= 4 is 15.9 Å². The molecule has 0 aliphatic heterocycles. The van der Waals surface area contributed by atoms with Crippen molar-refractivity contribution in [1.29, 1.82) is 0 Å². The van der Waals surface area contributed by atoms with Gasteiger partial charge >= 0.3 is 0 Å². The summed E-state index contributed by atoms with van der Waals surface area (Å²) in [6.07, 6.45) is 0. The lowest BCUT2D eigenvalue weighted by molar-refractivity contribution is 0.280. The molecule has 21 heavy (non-hydrogen) atoms. The summed E-state index contributed by atoms with van der Waals surface area (Å²) in [6, 6.07) is 12.2. The second-order valence-electron chi connectivity index (χ2n) is 4.87. The SMILES string of the molecule is CNCc1c(Br)ccc(OC)c1OCc1cccc(C)c1. The Morgan fingerprint density at radius 3 is 2.67 bits per heavy atom. The summed E-state index contributed by atoms with van der Waals surface area (Å²) in [4.78, 5) is 0. The molecule has 0 unspecified atom stereocenters. The molecule has 0 saturated heterocycles. The fourth-order valence-corrected chi connectivity index (χ4v) is 2.65. The molecule has 3 nitrogen and oxygen atoms in total. The van der Waals surface area contributed by atoms with Crippen LogP contribution < -0.4 is 14.8 Å². The van der Waals surface area contributed by atoms with Crippen LogP contribution in [0, 0.1) is 6.92 Å². The van der Waals surface area contributed by atoms with Crippen LogP contribution in [0.5, 0.6) is 11.5 Å². The highest BCUT2D eigenvalue weighted by Gasteiger charge is 2.14. The molecule has 0 amide bonds. The molecule has 0 aliphatic carbocycles. The van der Waals surface area contributed by atoms with Crippen molar-refractivity contribution in [2.75, 3.05) is 14.2 Å². The predicted octanol–water partition coefficient (Wildman–Crippen LogP) is 4.06. The van der Waals surface area contributed by atoms with Crippen molar-refractivity contribution in [3.8, 4) is 11.5 Å². The van der Waals surface area contributed by atoms with Gasteiger partial charge in [-0.25, -0.2) is 0 Å². The van der Waals surface area contributed by atoms with Crippen LogP contribution in [0.25, 0.3) is 0 Å². The van der Waals surface area contributed by atoms with E-state index in [9.17, 15) is 0 Å². The first-order valence-electron chi connectivity index (χ1n) is 6.84. The number of rotatable bonds is 6. The Morgan fingerprint density at radius 1 is 1.19 bits per heavy atom. The molecule has 0 atom stereocenters. The molecule has 2 aromatic carbocycles.